The van der Waals surface area contributed by atoms with E-state index in [1.165, 1.54) is 11.3 Å². The van der Waals surface area contributed by atoms with Gasteiger partial charge in [0.05, 0.1) is 12.5 Å². The molecule has 7 heteroatoms. The SMILES string of the molecule is COc1cccc(-c2csc3nc(-c4ccccc4)n(CCCC(=O)O)c(=O)c23)c1. The van der Waals surface area contributed by atoms with E-state index in [0.717, 1.165) is 16.7 Å². The summed E-state index contributed by atoms with van der Waals surface area (Å²) in [4.78, 5) is 30.0. The lowest BCUT2D eigenvalue weighted by molar-refractivity contribution is -0.137. The number of hydrogen-bond acceptors (Lipinski definition) is 5. The molecule has 4 aromatic rings. The zero-order valence-corrected chi connectivity index (χ0v) is 17.2. The molecule has 0 spiro atoms. The molecule has 30 heavy (non-hydrogen) atoms. The van der Waals surface area contributed by atoms with Gasteiger partial charge >= 0.3 is 5.97 Å². The van der Waals surface area contributed by atoms with Crippen molar-refractivity contribution in [1.29, 1.82) is 0 Å². The molecule has 0 radical (unpaired) electrons. The Kier molecular flexibility index (Phi) is 5.63. The van der Waals surface area contributed by atoms with Gasteiger partial charge in [-0.2, -0.15) is 0 Å². The third-order valence-electron chi connectivity index (χ3n) is 4.88. The maximum Gasteiger partial charge on any atom is 0.303 e. The van der Waals surface area contributed by atoms with Crippen molar-refractivity contribution in [3.05, 3.63) is 70.3 Å². The van der Waals surface area contributed by atoms with Gasteiger partial charge < -0.3 is 9.84 Å². The first-order valence-electron chi connectivity index (χ1n) is 9.52. The minimum Gasteiger partial charge on any atom is -0.497 e. The standard InChI is InChI=1S/C23H20N2O4S/c1-29-17-10-5-9-16(13-17)18-14-30-22-20(18)23(28)25(12-6-11-19(26)27)21(24-22)15-7-3-2-4-8-15/h2-5,7-10,13-14H,6,11-12H2,1H3,(H,26,27). The Morgan fingerprint density at radius 1 is 1.13 bits per heavy atom. The average Bonchev–Trinajstić information content (AvgIpc) is 3.20. The molecule has 0 aliphatic heterocycles. The van der Waals surface area contributed by atoms with Gasteiger partial charge in [-0.25, -0.2) is 4.98 Å². The number of aliphatic carboxylic acids is 1. The molecule has 0 saturated carbocycles. The molecule has 0 aliphatic carbocycles. The quantitative estimate of drug-likeness (QED) is 0.470. The molecule has 0 bridgehead atoms. The number of carbonyl (C=O) groups is 1. The molecule has 2 aromatic heterocycles. The minimum absolute atomic E-state index is 0.00884. The van der Waals surface area contributed by atoms with E-state index in [2.05, 4.69) is 0 Å². The number of methoxy groups -OCH3 is 1. The van der Waals surface area contributed by atoms with Gasteiger partial charge in [-0.3, -0.25) is 14.2 Å². The second-order valence-electron chi connectivity index (χ2n) is 6.82. The highest BCUT2D eigenvalue weighted by atomic mass is 32.1. The molecular weight excluding hydrogens is 400 g/mol. The first-order valence-corrected chi connectivity index (χ1v) is 10.4. The van der Waals surface area contributed by atoms with Crippen molar-refractivity contribution in [2.45, 2.75) is 19.4 Å². The number of hydrogen-bond donors (Lipinski definition) is 1. The number of benzene rings is 2. The van der Waals surface area contributed by atoms with Crippen LogP contribution in [0.25, 0.3) is 32.7 Å². The smallest absolute Gasteiger partial charge is 0.303 e. The molecule has 1 N–H and O–H groups in total. The normalized spacial score (nSPS) is 11.0. The topological polar surface area (TPSA) is 81.4 Å². The largest absolute Gasteiger partial charge is 0.497 e. The van der Waals surface area contributed by atoms with Crippen LogP contribution in [0.15, 0.2) is 64.8 Å². The predicted octanol–water partition coefficient (Wildman–Crippen LogP) is 4.67. The summed E-state index contributed by atoms with van der Waals surface area (Å²) in [5, 5.41) is 11.5. The number of carboxylic acid groups (broad SMARTS) is 1. The maximum atomic E-state index is 13.6. The third kappa shape index (κ3) is 3.84. The van der Waals surface area contributed by atoms with Crippen LogP contribution in [-0.2, 0) is 11.3 Å². The number of nitrogens with zero attached hydrogens (tertiary/aromatic N) is 2. The summed E-state index contributed by atoms with van der Waals surface area (Å²) in [5.74, 6) is 0.381. The van der Waals surface area contributed by atoms with Crippen molar-refractivity contribution in [3.8, 4) is 28.3 Å². The Morgan fingerprint density at radius 2 is 1.90 bits per heavy atom. The molecule has 4 rings (SSSR count). The Bertz CT molecular complexity index is 1260. The monoisotopic (exact) mass is 420 g/mol. The molecule has 0 fully saturated rings. The van der Waals surface area contributed by atoms with Gasteiger partial charge in [-0.1, -0.05) is 42.5 Å². The van der Waals surface area contributed by atoms with Gasteiger partial charge in [-0.05, 0) is 24.1 Å². The van der Waals surface area contributed by atoms with Crippen molar-refractivity contribution < 1.29 is 14.6 Å². The molecule has 2 aromatic carbocycles. The highest BCUT2D eigenvalue weighted by molar-refractivity contribution is 7.17. The number of ether oxygens (including phenoxy) is 1. The van der Waals surface area contributed by atoms with Crippen LogP contribution in [0.1, 0.15) is 12.8 Å². The van der Waals surface area contributed by atoms with Crippen molar-refractivity contribution >= 4 is 27.5 Å². The second kappa shape index (κ2) is 8.51. The molecule has 0 atom stereocenters. The van der Waals surface area contributed by atoms with Crippen molar-refractivity contribution in [2.24, 2.45) is 0 Å². The number of aromatic nitrogens is 2. The van der Waals surface area contributed by atoms with Gasteiger partial charge in [0.2, 0.25) is 0 Å². The van der Waals surface area contributed by atoms with Crippen LogP contribution >= 0.6 is 11.3 Å². The summed E-state index contributed by atoms with van der Waals surface area (Å²) in [6.07, 6.45) is 0.339. The van der Waals surface area contributed by atoms with Gasteiger partial charge in [0, 0.05) is 29.5 Å². The van der Waals surface area contributed by atoms with Gasteiger partial charge in [-0.15, -0.1) is 11.3 Å². The van der Waals surface area contributed by atoms with E-state index >= 15 is 0 Å². The van der Waals surface area contributed by atoms with E-state index in [9.17, 15) is 9.59 Å². The molecular formula is C23H20N2O4S. The van der Waals surface area contributed by atoms with Crippen molar-refractivity contribution in [3.63, 3.8) is 0 Å². The number of thiophene rings is 1. The molecule has 2 heterocycles. The summed E-state index contributed by atoms with van der Waals surface area (Å²) in [6.45, 7) is 0.283. The molecule has 0 unspecified atom stereocenters. The third-order valence-corrected chi connectivity index (χ3v) is 5.75. The molecule has 6 nitrogen and oxygen atoms in total. The van der Waals surface area contributed by atoms with Gasteiger partial charge in [0.15, 0.2) is 0 Å². The van der Waals surface area contributed by atoms with Crippen LogP contribution < -0.4 is 10.3 Å². The fourth-order valence-electron chi connectivity index (χ4n) is 3.43. The lowest BCUT2D eigenvalue weighted by atomic mass is 10.1. The fraction of sp³-hybridized carbons (Fsp3) is 0.174. The van der Waals surface area contributed by atoms with Crippen LogP contribution in [0.5, 0.6) is 5.75 Å². The number of fused-ring (bicyclic) bond motifs is 1. The maximum absolute atomic E-state index is 13.6. The van der Waals surface area contributed by atoms with E-state index in [0.29, 0.717) is 28.2 Å². The van der Waals surface area contributed by atoms with Crippen LogP contribution in [0.3, 0.4) is 0 Å². The van der Waals surface area contributed by atoms with E-state index in [1.807, 2.05) is 60.0 Å². The lowest BCUT2D eigenvalue weighted by Crippen LogP contribution is -2.23. The minimum atomic E-state index is -0.883. The van der Waals surface area contributed by atoms with Gasteiger partial charge in [0.1, 0.15) is 16.4 Å². The van der Waals surface area contributed by atoms with E-state index in [-0.39, 0.29) is 18.5 Å². The fourth-order valence-corrected chi connectivity index (χ4v) is 4.37. The molecule has 0 amide bonds. The Labute approximate surface area is 177 Å². The average molecular weight is 420 g/mol. The predicted molar refractivity (Wildman–Crippen MR) is 118 cm³/mol. The summed E-state index contributed by atoms with van der Waals surface area (Å²) in [7, 11) is 1.61. The summed E-state index contributed by atoms with van der Waals surface area (Å²) in [6, 6.07) is 17.1. The van der Waals surface area contributed by atoms with Crippen LogP contribution in [0.4, 0.5) is 0 Å². The summed E-state index contributed by atoms with van der Waals surface area (Å²) >= 11 is 1.42. The zero-order valence-electron chi connectivity index (χ0n) is 16.4. The van der Waals surface area contributed by atoms with Gasteiger partial charge in [0.25, 0.3) is 5.56 Å². The van der Waals surface area contributed by atoms with Crippen LogP contribution in [-0.4, -0.2) is 27.7 Å². The Morgan fingerprint density at radius 3 is 2.63 bits per heavy atom. The lowest BCUT2D eigenvalue weighted by Gasteiger charge is -2.13. The van der Waals surface area contributed by atoms with E-state index in [4.69, 9.17) is 14.8 Å². The number of carboxylic acids is 1. The molecule has 152 valence electrons. The first kappa shape index (κ1) is 19.8. The Balaban J connectivity index is 1.91. The van der Waals surface area contributed by atoms with Crippen molar-refractivity contribution in [2.75, 3.05) is 7.11 Å². The zero-order chi connectivity index (χ0) is 21.1. The highest BCUT2D eigenvalue weighted by Gasteiger charge is 2.18. The van der Waals surface area contributed by atoms with Crippen LogP contribution in [0, 0.1) is 0 Å². The van der Waals surface area contributed by atoms with E-state index in [1.54, 1.807) is 11.7 Å². The molecule has 0 aliphatic rings. The van der Waals surface area contributed by atoms with Crippen LogP contribution in [0.2, 0.25) is 0 Å². The number of rotatable bonds is 7. The Hall–Kier alpha value is -3.45. The highest BCUT2D eigenvalue weighted by Crippen LogP contribution is 2.33. The van der Waals surface area contributed by atoms with E-state index < -0.39 is 5.97 Å². The summed E-state index contributed by atoms with van der Waals surface area (Å²) < 4.78 is 6.91. The molecule has 0 saturated heterocycles. The summed E-state index contributed by atoms with van der Waals surface area (Å²) in [5.41, 5.74) is 2.34. The van der Waals surface area contributed by atoms with Crippen molar-refractivity contribution in [1.82, 2.24) is 9.55 Å². The second-order valence-corrected chi connectivity index (χ2v) is 7.68. The first-order chi connectivity index (χ1) is 14.6.